The van der Waals surface area contributed by atoms with Gasteiger partial charge >= 0.3 is 0 Å². The molecule has 0 aromatic carbocycles. The number of hydrogen-bond donors (Lipinski definition) is 2. The van der Waals surface area contributed by atoms with Crippen LogP contribution in [-0.4, -0.2) is 13.4 Å². The fourth-order valence-electron chi connectivity index (χ4n) is 0.176. The van der Waals surface area contributed by atoms with Crippen molar-refractivity contribution in [2.24, 2.45) is 5.14 Å². The molecule has 0 saturated carbocycles. The summed E-state index contributed by atoms with van der Waals surface area (Å²) in [7, 11) is -2.62. The van der Waals surface area contributed by atoms with Gasteiger partial charge in [0.15, 0.2) is 10.9 Å². The fourth-order valence-corrected chi connectivity index (χ4v) is 0.527. The Morgan fingerprint density at radius 1 is 1.56 bits per heavy atom. The van der Waals surface area contributed by atoms with Gasteiger partial charge in [-0.2, -0.15) is 0 Å². The van der Waals surface area contributed by atoms with E-state index in [0.717, 1.165) is 0 Å². The molecular formula is C3H6N2O2S2. The minimum atomic E-state index is -2.62. The topological polar surface area (TPSA) is 73.1 Å². The molecule has 1 heterocycles. The van der Waals surface area contributed by atoms with Crippen LogP contribution in [0.1, 0.15) is 0 Å². The van der Waals surface area contributed by atoms with Crippen molar-refractivity contribution < 1.29 is 8.42 Å². The van der Waals surface area contributed by atoms with Crippen LogP contribution in [0.4, 0.5) is 0 Å². The van der Waals surface area contributed by atoms with Crippen molar-refractivity contribution in [1.82, 2.24) is 4.98 Å². The molecule has 0 atom stereocenters. The Kier molecular flexibility index (Phi) is 5.38. The summed E-state index contributed by atoms with van der Waals surface area (Å²) in [6.45, 7) is 0. The van der Waals surface area contributed by atoms with E-state index in [4.69, 9.17) is 8.42 Å². The summed E-state index contributed by atoms with van der Waals surface area (Å²) in [5.41, 5.74) is 1.79. The Bertz CT molecular complexity index is 168. The molecule has 6 heteroatoms. The van der Waals surface area contributed by atoms with Crippen LogP contribution in [0.15, 0.2) is 17.1 Å². The van der Waals surface area contributed by atoms with Crippen molar-refractivity contribution >= 4 is 22.2 Å². The van der Waals surface area contributed by atoms with Crippen LogP contribution in [0, 0.1) is 0 Å². The lowest BCUT2D eigenvalue weighted by Gasteiger charge is -1.44. The van der Waals surface area contributed by atoms with Gasteiger partial charge in [0.2, 0.25) is 0 Å². The lowest BCUT2D eigenvalue weighted by atomic mass is 11.0. The number of thiol groups is 1. The number of nitrogens with zero attached hydrogens (tertiary/aromatic N) is 1. The smallest absolute Gasteiger partial charge is 0.198 e. The maximum Gasteiger partial charge on any atom is 0.198 e. The number of thiazole rings is 1. The quantitative estimate of drug-likeness (QED) is 0.516. The summed E-state index contributed by atoms with van der Waals surface area (Å²) in [6, 6.07) is 0. The van der Waals surface area contributed by atoms with Crippen molar-refractivity contribution in [1.29, 1.82) is 0 Å². The zero-order valence-electron chi connectivity index (χ0n) is 4.43. The maximum atomic E-state index is 8.81. The van der Waals surface area contributed by atoms with Crippen LogP contribution in [-0.2, 0) is 10.9 Å². The standard InChI is InChI=1S/C3H3NS.H3NO2S/c1-2-5-3-4-1;1-4(2)3/h1-3H;4H,(H2,1,2,3). The van der Waals surface area contributed by atoms with Crippen LogP contribution in [0.25, 0.3) is 0 Å². The third kappa shape index (κ3) is 11.2. The van der Waals surface area contributed by atoms with Crippen molar-refractivity contribution in [3.05, 3.63) is 17.1 Å². The molecule has 2 N–H and O–H groups in total. The predicted molar refractivity (Wildman–Crippen MR) is 36.6 cm³/mol. The van der Waals surface area contributed by atoms with E-state index in [9.17, 15) is 0 Å². The Hall–Kier alpha value is -0.460. The van der Waals surface area contributed by atoms with Gasteiger partial charge in [0, 0.05) is 11.6 Å². The van der Waals surface area contributed by atoms with Gasteiger partial charge in [0.1, 0.15) is 0 Å². The summed E-state index contributed by atoms with van der Waals surface area (Å²) in [5.74, 6) is 0. The van der Waals surface area contributed by atoms with E-state index in [-0.39, 0.29) is 0 Å². The Balaban J connectivity index is 0.000000148. The minimum absolute atomic E-state index is 1.60. The highest BCUT2D eigenvalue weighted by Crippen LogP contribution is 1.85. The molecule has 0 aliphatic heterocycles. The fraction of sp³-hybridized carbons (Fsp3) is 0. The highest BCUT2D eigenvalue weighted by Gasteiger charge is 1.59. The van der Waals surface area contributed by atoms with Gasteiger partial charge in [-0.15, -0.1) is 11.3 Å². The van der Waals surface area contributed by atoms with Gasteiger partial charge in [-0.25, -0.2) is 13.6 Å². The average molecular weight is 166 g/mol. The lowest BCUT2D eigenvalue weighted by molar-refractivity contribution is 0.616. The summed E-state index contributed by atoms with van der Waals surface area (Å²) >= 11 is 1.60. The molecule has 0 saturated heterocycles. The van der Waals surface area contributed by atoms with E-state index in [0.29, 0.717) is 0 Å². The first-order chi connectivity index (χ1) is 4.23. The third-order valence-corrected chi connectivity index (χ3v) is 0.869. The van der Waals surface area contributed by atoms with E-state index in [2.05, 4.69) is 10.1 Å². The van der Waals surface area contributed by atoms with E-state index >= 15 is 0 Å². The first-order valence-corrected chi connectivity index (χ1v) is 4.13. The first-order valence-electron chi connectivity index (χ1n) is 1.94. The molecule has 0 fully saturated rings. The van der Waals surface area contributed by atoms with Crippen molar-refractivity contribution in [3.63, 3.8) is 0 Å². The molecule has 0 spiro atoms. The Morgan fingerprint density at radius 2 is 2.11 bits per heavy atom. The van der Waals surface area contributed by atoms with Crippen LogP contribution < -0.4 is 5.14 Å². The molecule has 4 nitrogen and oxygen atoms in total. The highest BCUT2D eigenvalue weighted by atomic mass is 32.2. The molecule has 0 aliphatic rings. The maximum absolute atomic E-state index is 8.81. The molecule has 0 amide bonds. The first kappa shape index (κ1) is 8.54. The molecule has 0 unspecified atom stereocenters. The second-order valence-corrected chi connectivity index (χ2v) is 2.29. The van der Waals surface area contributed by atoms with Gasteiger partial charge in [-0.05, 0) is 0 Å². The summed E-state index contributed by atoms with van der Waals surface area (Å²) in [4.78, 5) is 3.74. The Morgan fingerprint density at radius 3 is 2.22 bits per heavy atom. The second kappa shape index (κ2) is 5.67. The Labute approximate surface area is 58.4 Å². The van der Waals surface area contributed by atoms with Gasteiger partial charge in [0.05, 0.1) is 5.51 Å². The van der Waals surface area contributed by atoms with E-state index in [1.165, 1.54) is 0 Å². The lowest BCUT2D eigenvalue weighted by Crippen LogP contribution is -1.85. The van der Waals surface area contributed by atoms with Gasteiger partial charge in [-0.1, -0.05) is 0 Å². The molecule has 1 rings (SSSR count). The summed E-state index contributed by atoms with van der Waals surface area (Å²) < 4.78 is 17.6. The molecule has 0 bridgehead atoms. The molecule has 0 aliphatic carbocycles. The normalized spacial score (nSPS) is 8.22. The summed E-state index contributed by atoms with van der Waals surface area (Å²) in [5, 5.41) is 6.00. The number of rotatable bonds is 0. The zero-order chi connectivity index (χ0) is 7.11. The van der Waals surface area contributed by atoms with Crippen LogP contribution in [0.3, 0.4) is 0 Å². The van der Waals surface area contributed by atoms with Crippen LogP contribution in [0.5, 0.6) is 0 Å². The van der Waals surface area contributed by atoms with Crippen LogP contribution >= 0.6 is 11.3 Å². The van der Waals surface area contributed by atoms with Crippen LogP contribution in [0.2, 0.25) is 0 Å². The van der Waals surface area contributed by atoms with Crippen molar-refractivity contribution in [2.45, 2.75) is 0 Å². The van der Waals surface area contributed by atoms with E-state index in [1.54, 1.807) is 23.0 Å². The SMILES string of the molecule is N[SH](=O)=O.c1cscn1. The molecule has 1 aromatic heterocycles. The molecule has 1 aromatic rings. The number of nitrogens with two attached hydrogens (primary N) is 1. The third-order valence-electron chi connectivity index (χ3n) is 0.347. The number of aromatic nitrogens is 1. The largest absolute Gasteiger partial charge is 0.253 e. The van der Waals surface area contributed by atoms with E-state index < -0.39 is 10.9 Å². The van der Waals surface area contributed by atoms with E-state index in [1.807, 2.05) is 5.38 Å². The highest BCUT2D eigenvalue weighted by molar-refractivity contribution is 7.69. The second-order valence-electron chi connectivity index (χ2n) is 0.961. The number of hydrogen-bond acceptors (Lipinski definition) is 4. The van der Waals surface area contributed by atoms with Gasteiger partial charge in [0.25, 0.3) is 0 Å². The zero-order valence-corrected chi connectivity index (χ0v) is 6.14. The predicted octanol–water partition coefficient (Wildman–Crippen LogP) is -0.385. The molecule has 9 heavy (non-hydrogen) atoms. The minimum Gasteiger partial charge on any atom is -0.253 e. The average Bonchev–Trinajstić information content (AvgIpc) is 2.11. The van der Waals surface area contributed by atoms with Gasteiger partial charge in [-0.3, -0.25) is 4.98 Å². The monoisotopic (exact) mass is 166 g/mol. The van der Waals surface area contributed by atoms with Gasteiger partial charge < -0.3 is 0 Å². The van der Waals surface area contributed by atoms with Crippen molar-refractivity contribution in [2.75, 3.05) is 0 Å². The van der Waals surface area contributed by atoms with Crippen molar-refractivity contribution in [3.8, 4) is 0 Å². The summed E-state index contributed by atoms with van der Waals surface area (Å²) in [6.07, 6.45) is 1.77. The molecular weight excluding hydrogens is 160 g/mol. The molecule has 52 valence electrons. The molecule has 0 radical (unpaired) electrons.